The summed E-state index contributed by atoms with van der Waals surface area (Å²) < 4.78 is 13.6. The van der Waals surface area contributed by atoms with Gasteiger partial charge < -0.3 is 10.2 Å². The number of nitrogens with zero attached hydrogens (tertiary/aromatic N) is 2. The smallest absolute Gasteiger partial charge is 0.226 e. The van der Waals surface area contributed by atoms with Gasteiger partial charge in [0.15, 0.2) is 5.13 Å². The molecule has 6 heteroatoms. The number of hydrogen-bond acceptors (Lipinski definition) is 4. The molecule has 0 bridgehead atoms. The Balaban J connectivity index is 1.71. The fourth-order valence-electron chi connectivity index (χ4n) is 3.32. The quantitative estimate of drug-likeness (QED) is 0.911. The van der Waals surface area contributed by atoms with Gasteiger partial charge in [-0.3, -0.25) is 4.79 Å². The predicted molar refractivity (Wildman–Crippen MR) is 89.7 cm³/mol. The molecule has 120 valence electrons. The third-order valence-electron chi connectivity index (χ3n) is 4.48. The minimum absolute atomic E-state index is 0.0535. The monoisotopic (exact) mass is 331 g/mol. The van der Waals surface area contributed by atoms with E-state index >= 15 is 0 Å². The maximum atomic E-state index is 13.6. The van der Waals surface area contributed by atoms with Crippen molar-refractivity contribution in [3.63, 3.8) is 0 Å². The molecule has 1 aromatic carbocycles. The number of anilines is 2. The number of benzene rings is 1. The normalized spacial score (nSPS) is 21.0. The van der Waals surface area contributed by atoms with Crippen LogP contribution in [0.4, 0.5) is 15.3 Å². The number of rotatable bonds is 2. The lowest BCUT2D eigenvalue weighted by atomic mass is 9.91. The van der Waals surface area contributed by atoms with Crippen LogP contribution in [0.15, 0.2) is 24.3 Å². The topological polar surface area (TPSA) is 45.2 Å². The van der Waals surface area contributed by atoms with Gasteiger partial charge >= 0.3 is 0 Å². The van der Waals surface area contributed by atoms with E-state index in [-0.39, 0.29) is 17.6 Å². The number of amides is 1. The minimum Gasteiger partial charge on any atom is -0.348 e. The van der Waals surface area contributed by atoms with Crippen LogP contribution < -0.4 is 10.2 Å². The first-order valence-corrected chi connectivity index (χ1v) is 8.83. The molecule has 4 rings (SSSR count). The Bertz CT molecular complexity index is 739. The van der Waals surface area contributed by atoms with E-state index in [2.05, 4.69) is 15.2 Å². The fraction of sp³-hybridized carbons (Fsp3) is 0.412. The molecule has 3 heterocycles. The zero-order chi connectivity index (χ0) is 15.8. The van der Waals surface area contributed by atoms with Crippen molar-refractivity contribution in [2.75, 3.05) is 23.3 Å². The maximum absolute atomic E-state index is 13.6. The second kappa shape index (κ2) is 5.92. The zero-order valence-electron chi connectivity index (χ0n) is 12.7. The molecule has 2 aromatic rings. The molecule has 1 saturated heterocycles. The number of carbonyl (C=O) groups is 1. The summed E-state index contributed by atoms with van der Waals surface area (Å²) in [5, 5.41) is 3.84. The van der Waals surface area contributed by atoms with E-state index in [4.69, 9.17) is 0 Å². The van der Waals surface area contributed by atoms with Crippen LogP contribution in [0.5, 0.6) is 0 Å². The highest BCUT2D eigenvalue weighted by Gasteiger charge is 2.31. The van der Waals surface area contributed by atoms with Gasteiger partial charge in [-0.2, -0.15) is 0 Å². The average Bonchev–Trinajstić information content (AvgIpc) is 2.98. The lowest BCUT2D eigenvalue weighted by Crippen LogP contribution is -2.29. The van der Waals surface area contributed by atoms with E-state index in [1.165, 1.54) is 31.4 Å². The first-order chi connectivity index (χ1) is 11.2. The van der Waals surface area contributed by atoms with E-state index < -0.39 is 0 Å². The van der Waals surface area contributed by atoms with E-state index in [0.717, 1.165) is 28.7 Å². The first kappa shape index (κ1) is 14.6. The molecule has 1 amide bonds. The Kier molecular flexibility index (Phi) is 3.77. The van der Waals surface area contributed by atoms with Crippen LogP contribution in [0.1, 0.15) is 42.0 Å². The summed E-state index contributed by atoms with van der Waals surface area (Å²) in [6.07, 6.45) is 3.98. The number of fused-ring (bicyclic) bond motifs is 1. The molecule has 0 radical (unpaired) electrons. The molecule has 4 nitrogen and oxygen atoms in total. The first-order valence-electron chi connectivity index (χ1n) is 8.02. The lowest BCUT2D eigenvalue weighted by molar-refractivity contribution is -0.116. The largest absolute Gasteiger partial charge is 0.348 e. The summed E-state index contributed by atoms with van der Waals surface area (Å²) in [7, 11) is 0. The van der Waals surface area contributed by atoms with Crippen LogP contribution in [0.2, 0.25) is 0 Å². The Labute approximate surface area is 138 Å². The van der Waals surface area contributed by atoms with Gasteiger partial charge in [0.1, 0.15) is 11.6 Å². The van der Waals surface area contributed by atoms with Crippen LogP contribution >= 0.6 is 11.3 Å². The van der Waals surface area contributed by atoms with Gasteiger partial charge in [0.2, 0.25) is 5.91 Å². The molecular formula is C17H18FN3OS. The van der Waals surface area contributed by atoms with Gasteiger partial charge in [0.25, 0.3) is 0 Å². The highest BCUT2D eigenvalue weighted by Crippen LogP contribution is 2.43. The van der Waals surface area contributed by atoms with Crippen LogP contribution in [-0.2, 0) is 4.79 Å². The zero-order valence-corrected chi connectivity index (χ0v) is 13.5. The SMILES string of the molecule is O=C1C[C@@H](c2cccc(F)c2)c2sc(N3CCCCC3)nc2N1. The molecule has 0 spiro atoms. The molecule has 2 aliphatic rings. The van der Waals surface area contributed by atoms with Crippen LogP contribution in [0.25, 0.3) is 0 Å². The summed E-state index contributed by atoms with van der Waals surface area (Å²) in [6.45, 7) is 2.04. The van der Waals surface area contributed by atoms with Gasteiger partial charge in [-0.25, -0.2) is 9.37 Å². The molecule has 23 heavy (non-hydrogen) atoms. The standard InChI is InChI=1S/C17H18FN3OS/c18-12-6-4-5-11(9-12)13-10-14(22)19-16-15(13)23-17(20-16)21-7-2-1-3-8-21/h4-6,9,13H,1-3,7-8,10H2,(H,19,22)/t13-/m0/s1. The Morgan fingerprint density at radius 3 is 2.87 bits per heavy atom. The van der Waals surface area contributed by atoms with E-state index in [0.29, 0.717) is 12.2 Å². The van der Waals surface area contributed by atoms with Crippen molar-refractivity contribution in [3.05, 3.63) is 40.5 Å². The van der Waals surface area contributed by atoms with Gasteiger partial charge in [0.05, 0.1) is 4.88 Å². The molecule has 0 saturated carbocycles. The fourth-order valence-corrected chi connectivity index (χ4v) is 4.52. The Hall–Kier alpha value is -1.95. The van der Waals surface area contributed by atoms with E-state index in [1.54, 1.807) is 17.4 Å². The summed E-state index contributed by atoms with van der Waals surface area (Å²) in [5.41, 5.74) is 0.843. The number of hydrogen-bond donors (Lipinski definition) is 1. The van der Waals surface area contributed by atoms with Crippen molar-refractivity contribution in [2.24, 2.45) is 0 Å². The molecular weight excluding hydrogens is 313 g/mol. The van der Waals surface area contributed by atoms with Crippen LogP contribution in [-0.4, -0.2) is 24.0 Å². The number of aromatic nitrogens is 1. The lowest BCUT2D eigenvalue weighted by Gasteiger charge is -2.25. The molecule has 1 atom stereocenters. The molecule has 0 unspecified atom stereocenters. The summed E-state index contributed by atoms with van der Waals surface area (Å²) in [4.78, 5) is 20.0. The molecule has 1 N–H and O–H groups in total. The number of thiazole rings is 1. The van der Waals surface area contributed by atoms with Crippen molar-refractivity contribution in [1.29, 1.82) is 0 Å². The van der Waals surface area contributed by atoms with Crippen LogP contribution in [0.3, 0.4) is 0 Å². The second-order valence-corrected chi connectivity index (χ2v) is 7.13. The van der Waals surface area contributed by atoms with Gasteiger partial charge in [-0.05, 0) is 37.0 Å². The molecule has 1 aromatic heterocycles. The van der Waals surface area contributed by atoms with Gasteiger partial charge in [0, 0.05) is 25.4 Å². The summed E-state index contributed by atoms with van der Waals surface area (Å²) in [5.74, 6) is 0.227. The number of carbonyl (C=O) groups excluding carboxylic acids is 1. The van der Waals surface area contributed by atoms with E-state index in [1.807, 2.05) is 6.07 Å². The van der Waals surface area contributed by atoms with Crippen molar-refractivity contribution in [1.82, 2.24) is 4.98 Å². The highest BCUT2D eigenvalue weighted by molar-refractivity contribution is 7.16. The van der Waals surface area contributed by atoms with Crippen LogP contribution in [0, 0.1) is 5.82 Å². The number of halogens is 1. The predicted octanol–water partition coefficient (Wildman–Crippen LogP) is 3.75. The van der Waals surface area contributed by atoms with Crippen molar-refractivity contribution < 1.29 is 9.18 Å². The Morgan fingerprint density at radius 1 is 1.26 bits per heavy atom. The number of nitrogens with one attached hydrogen (secondary N) is 1. The Morgan fingerprint density at radius 2 is 2.09 bits per heavy atom. The average molecular weight is 331 g/mol. The maximum Gasteiger partial charge on any atom is 0.226 e. The van der Waals surface area contributed by atoms with Crippen molar-refractivity contribution >= 4 is 28.2 Å². The third kappa shape index (κ3) is 2.83. The van der Waals surface area contributed by atoms with E-state index in [9.17, 15) is 9.18 Å². The summed E-state index contributed by atoms with van der Waals surface area (Å²) >= 11 is 1.63. The second-order valence-electron chi connectivity index (χ2n) is 6.12. The van der Waals surface area contributed by atoms with Crippen molar-refractivity contribution in [2.45, 2.75) is 31.6 Å². The van der Waals surface area contributed by atoms with Gasteiger partial charge in [-0.1, -0.05) is 23.5 Å². The highest BCUT2D eigenvalue weighted by atomic mass is 32.1. The molecule has 2 aliphatic heterocycles. The minimum atomic E-state index is -0.268. The summed E-state index contributed by atoms with van der Waals surface area (Å²) in [6, 6.07) is 6.53. The van der Waals surface area contributed by atoms with Crippen molar-refractivity contribution in [3.8, 4) is 0 Å². The molecule has 1 fully saturated rings. The number of piperidine rings is 1. The third-order valence-corrected chi connectivity index (χ3v) is 5.71. The van der Waals surface area contributed by atoms with Gasteiger partial charge in [-0.15, -0.1) is 0 Å². The molecule has 0 aliphatic carbocycles.